The van der Waals surface area contributed by atoms with E-state index in [2.05, 4.69) is 10.3 Å². The number of carbonyl (C=O) groups excluding carboxylic acids is 1. The maximum atomic E-state index is 12.0. The van der Waals surface area contributed by atoms with E-state index in [1.807, 2.05) is 17.9 Å². The molecule has 0 aliphatic carbocycles. The fraction of sp³-hybridized carbons (Fsp3) is 0.455. The van der Waals surface area contributed by atoms with Crippen LogP contribution in [0.15, 0.2) is 18.3 Å². The van der Waals surface area contributed by atoms with E-state index in [-0.39, 0.29) is 5.91 Å². The normalized spacial score (nSPS) is 16.5. The van der Waals surface area contributed by atoms with Crippen LogP contribution in [0.2, 0.25) is 0 Å². The maximum absolute atomic E-state index is 12.0. The molecule has 1 aromatic heterocycles. The van der Waals surface area contributed by atoms with Crippen molar-refractivity contribution in [2.45, 2.75) is 6.92 Å². The molecule has 2 heterocycles. The number of amides is 1. The van der Waals surface area contributed by atoms with Crippen LogP contribution in [-0.2, 0) is 0 Å². The van der Waals surface area contributed by atoms with E-state index in [4.69, 9.17) is 0 Å². The first-order valence-electron chi connectivity index (χ1n) is 5.20. The second-order valence-corrected chi connectivity index (χ2v) is 3.73. The number of rotatable bonds is 1. The van der Waals surface area contributed by atoms with Crippen molar-refractivity contribution in [3.8, 4) is 0 Å². The summed E-state index contributed by atoms with van der Waals surface area (Å²) in [5, 5.41) is 3.23. The number of carbonyl (C=O) groups is 1. The lowest BCUT2D eigenvalue weighted by Crippen LogP contribution is -2.46. The number of pyridine rings is 1. The quantitative estimate of drug-likeness (QED) is 0.723. The van der Waals surface area contributed by atoms with Crippen LogP contribution in [0.3, 0.4) is 0 Å². The highest BCUT2D eigenvalue weighted by atomic mass is 16.2. The van der Waals surface area contributed by atoms with Crippen LogP contribution >= 0.6 is 0 Å². The van der Waals surface area contributed by atoms with Gasteiger partial charge in [0.2, 0.25) is 0 Å². The van der Waals surface area contributed by atoms with Crippen molar-refractivity contribution in [3.05, 3.63) is 29.6 Å². The largest absolute Gasteiger partial charge is 0.336 e. The molecular weight excluding hydrogens is 190 g/mol. The minimum absolute atomic E-state index is 0.113. The third-order valence-electron chi connectivity index (χ3n) is 2.55. The lowest BCUT2D eigenvalue weighted by Gasteiger charge is -2.27. The van der Waals surface area contributed by atoms with Gasteiger partial charge in [-0.1, -0.05) is 0 Å². The number of aromatic nitrogens is 1. The van der Waals surface area contributed by atoms with Crippen LogP contribution in [0.5, 0.6) is 0 Å². The molecule has 2 rings (SSSR count). The number of hydrogen-bond acceptors (Lipinski definition) is 3. The summed E-state index contributed by atoms with van der Waals surface area (Å²) in [4.78, 5) is 18.0. The Morgan fingerprint density at radius 1 is 1.47 bits per heavy atom. The summed E-state index contributed by atoms with van der Waals surface area (Å²) in [6.07, 6.45) is 1.69. The number of aryl methyl sites for hydroxylation is 1. The molecule has 1 N–H and O–H groups in total. The van der Waals surface area contributed by atoms with Gasteiger partial charge in [0, 0.05) is 43.6 Å². The van der Waals surface area contributed by atoms with Crippen molar-refractivity contribution in [1.29, 1.82) is 0 Å². The van der Waals surface area contributed by atoms with Gasteiger partial charge in [-0.3, -0.25) is 9.78 Å². The Labute approximate surface area is 89.3 Å². The van der Waals surface area contributed by atoms with Crippen LogP contribution in [0.25, 0.3) is 0 Å². The number of piperazine rings is 1. The van der Waals surface area contributed by atoms with E-state index < -0.39 is 0 Å². The molecule has 1 fully saturated rings. The van der Waals surface area contributed by atoms with Gasteiger partial charge in [-0.15, -0.1) is 0 Å². The van der Waals surface area contributed by atoms with Crippen LogP contribution in [0.4, 0.5) is 0 Å². The topological polar surface area (TPSA) is 45.2 Å². The summed E-state index contributed by atoms with van der Waals surface area (Å²) >= 11 is 0. The zero-order chi connectivity index (χ0) is 10.7. The molecule has 0 aromatic carbocycles. The van der Waals surface area contributed by atoms with Gasteiger partial charge in [0.15, 0.2) is 0 Å². The Morgan fingerprint density at radius 2 is 2.20 bits per heavy atom. The van der Waals surface area contributed by atoms with Crippen LogP contribution in [0.1, 0.15) is 16.1 Å². The summed E-state index contributed by atoms with van der Waals surface area (Å²) in [7, 11) is 0. The van der Waals surface area contributed by atoms with Gasteiger partial charge in [-0.25, -0.2) is 0 Å². The third kappa shape index (κ3) is 2.33. The Balaban J connectivity index is 2.12. The monoisotopic (exact) mass is 205 g/mol. The fourth-order valence-corrected chi connectivity index (χ4v) is 1.73. The molecule has 1 aliphatic rings. The highest BCUT2D eigenvalue weighted by molar-refractivity contribution is 5.94. The van der Waals surface area contributed by atoms with E-state index in [0.717, 1.165) is 37.4 Å². The molecule has 0 radical (unpaired) electrons. The summed E-state index contributed by atoms with van der Waals surface area (Å²) in [6, 6.07) is 3.61. The van der Waals surface area contributed by atoms with Gasteiger partial charge in [0.25, 0.3) is 5.91 Å². The Kier molecular flexibility index (Phi) is 2.97. The number of nitrogens with one attached hydrogen (secondary N) is 1. The highest BCUT2D eigenvalue weighted by Crippen LogP contribution is 2.06. The van der Waals surface area contributed by atoms with Gasteiger partial charge in [-0.05, 0) is 19.1 Å². The Bertz CT molecular complexity index is 359. The lowest BCUT2D eigenvalue weighted by molar-refractivity contribution is 0.0735. The molecule has 1 aromatic rings. The minimum Gasteiger partial charge on any atom is -0.336 e. The summed E-state index contributed by atoms with van der Waals surface area (Å²) in [6.45, 7) is 5.25. The maximum Gasteiger partial charge on any atom is 0.254 e. The third-order valence-corrected chi connectivity index (χ3v) is 2.55. The molecule has 0 saturated carbocycles. The van der Waals surface area contributed by atoms with E-state index in [0.29, 0.717) is 0 Å². The molecule has 0 spiro atoms. The standard InChI is InChI=1S/C11H15N3O/c1-9-8-10(2-3-13-9)11(15)14-6-4-12-5-7-14/h2-3,8,12H,4-7H2,1H3. The van der Waals surface area contributed by atoms with Crippen LogP contribution < -0.4 is 5.32 Å². The highest BCUT2D eigenvalue weighted by Gasteiger charge is 2.17. The van der Waals surface area contributed by atoms with Gasteiger partial charge < -0.3 is 10.2 Å². The predicted octanol–water partition coefficient (Wildman–Crippen LogP) is 0.435. The summed E-state index contributed by atoms with van der Waals surface area (Å²) < 4.78 is 0. The summed E-state index contributed by atoms with van der Waals surface area (Å²) in [5.74, 6) is 0.113. The van der Waals surface area contributed by atoms with Crippen molar-refractivity contribution in [1.82, 2.24) is 15.2 Å². The van der Waals surface area contributed by atoms with Gasteiger partial charge in [-0.2, -0.15) is 0 Å². The minimum atomic E-state index is 0.113. The predicted molar refractivity (Wildman–Crippen MR) is 57.7 cm³/mol. The second-order valence-electron chi connectivity index (χ2n) is 3.73. The van der Waals surface area contributed by atoms with Crippen molar-refractivity contribution in [2.75, 3.05) is 26.2 Å². The molecule has 80 valence electrons. The fourth-order valence-electron chi connectivity index (χ4n) is 1.73. The smallest absolute Gasteiger partial charge is 0.254 e. The molecule has 0 bridgehead atoms. The van der Waals surface area contributed by atoms with Gasteiger partial charge in [0.05, 0.1) is 0 Å². The zero-order valence-electron chi connectivity index (χ0n) is 8.86. The van der Waals surface area contributed by atoms with Crippen LogP contribution in [-0.4, -0.2) is 42.0 Å². The molecule has 1 amide bonds. The molecule has 15 heavy (non-hydrogen) atoms. The zero-order valence-corrected chi connectivity index (χ0v) is 8.86. The second kappa shape index (κ2) is 4.40. The molecule has 0 atom stereocenters. The van der Waals surface area contributed by atoms with Crippen LogP contribution in [0, 0.1) is 6.92 Å². The van der Waals surface area contributed by atoms with Gasteiger partial charge >= 0.3 is 0 Å². The van der Waals surface area contributed by atoms with Crippen molar-refractivity contribution < 1.29 is 4.79 Å². The Hall–Kier alpha value is -1.42. The molecule has 4 heteroatoms. The first-order chi connectivity index (χ1) is 7.27. The average Bonchev–Trinajstić information content (AvgIpc) is 2.29. The number of hydrogen-bond donors (Lipinski definition) is 1. The van der Waals surface area contributed by atoms with Gasteiger partial charge in [0.1, 0.15) is 0 Å². The SMILES string of the molecule is Cc1cc(C(=O)N2CCNCC2)ccn1. The Morgan fingerprint density at radius 3 is 2.87 bits per heavy atom. The first kappa shape index (κ1) is 10.1. The number of nitrogens with zero attached hydrogens (tertiary/aromatic N) is 2. The first-order valence-corrected chi connectivity index (χ1v) is 5.20. The van der Waals surface area contributed by atoms with Crippen molar-refractivity contribution in [2.24, 2.45) is 0 Å². The average molecular weight is 205 g/mol. The van der Waals surface area contributed by atoms with E-state index in [1.54, 1.807) is 12.3 Å². The molecule has 1 saturated heterocycles. The van der Waals surface area contributed by atoms with Crippen molar-refractivity contribution in [3.63, 3.8) is 0 Å². The summed E-state index contributed by atoms with van der Waals surface area (Å²) in [5.41, 5.74) is 1.63. The molecular formula is C11H15N3O. The lowest BCUT2D eigenvalue weighted by atomic mass is 10.2. The van der Waals surface area contributed by atoms with Crippen molar-refractivity contribution >= 4 is 5.91 Å². The molecule has 0 unspecified atom stereocenters. The van der Waals surface area contributed by atoms with E-state index in [1.165, 1.54) is 0 Å². The molecule has 1 aliphatic heterocycles. The molecule has 4 nitrogen and oxygen atoms in total. The van der Waals surface area contributed by atoms with E-state index >= 15 is 0 Å². The van der Waals surface area contributed by atoms with E-state index in [9.17, 15) is 4.79 Å².